The Labute approximate surface area is 114 Å². The van der Waals surface area contributed by atoms with Crippen LogP contribution in [0.4, 0.5) is 0 Å². The lowest BCUT2D eigenvalue weighted by Gasteiger charge is -2.40. The number of primary amides is 1. The van der Waals surface area contributed by atoms with Crippen molar-refractivity contribution in [3.8, 4) is 0 Å². The highest BCUT2D eigenvalue weighted by atomic mass is 32.2. The Morgan fingerprint density at radius 2 is 2.00 bits per heavy atom. The fraction of sp³-hybridized carbons (Fsp3) is 0.833. The SMILES string of the molecule is CCC1(C(N)=O)CCCN(C(=O)CCS(C)(=O)=O)C1. The Morgan fingerprint density at radius 3 is 2.47 bits per heavy atom. The van der Waals surface area contributed by atoms with Gasteiger partial charge in [-0.3, -0.25) is 9.59 Å². The average molecular weight is 290 g/mol. The van der Waals surface area contributed by atoms with Gasteiger partial charge in [0, 0.05) is 25.8 Å². The van der Waals surface area contributed by atoms with Gasteiger partial charge in [-0.1, -0.05) is 6.92 Å². The summed E-state index contributed by atoms with van der Waals surface area (Å²) in [6, 6.07) is 0. The molecule has 0 aromatic carbocycles. The number of likely N-dealkylation sites (tertiary alicyclic amines) is 1. The number of nitrogens with two attached hydrogens (primary N) is 1. The molecule has 0 aromatic heterocycles. The van der Waals surface area contributed by atoms with Crippen molar-refractivity contribution in [1.82, 2.24) is 4.90 Å². The van der Waals surface area contributed by atoms with Crippen molar-refractivity contribution in [2.75, 3.05) is 25.1 Å². The molecule has 1 atom stereocenters. The van der Waals surface area contributed by atoms with Crippen molar-refractivity contribution in [3.05, 3.63) is 0 Å². The highest BCUT2D eigenvalue weighted by molar-refractivity contribution is 7.90. The maximum Gasteiger partial charge on any atom is 0.225 e. The van der Waals surface area contributed by atoms with Gasteiger partial charge >= 0.3 is 0 Å². The van der Waals surface area contributed by atoms with Crippen molar-refractivity contribution in [2.45, 2.75) is 32.6 Å². The summed E-state index contributed by atoms with van der Waals surface area (Å²) in [6.45, 7) is 2.76. The summed E-state index contributed by atoms with van der Waals surface area (Å²) < 4.78 is 22.1. The Hall–Kier alpha value is -1.11. The van der Waals surface area contributed by atoms with E-state index in [0.29, 0.717) is 25.9 Å². The van der Waals surface area contributed by atoms with E-state index in [0.717, 1.165) is 12.7 Å². The van der Waals surface area contributed by atoms with Crippen molar-refractivity contribution < 1.29 is 18.0 Å². The lowest BCUT2D eigenvalue weighted by atomic mass is 9.77. The predicted octanol–water partition coefficient (Wildman–Crippen LogP) is -0.0748. The number of carbonyl (C=O) groups excluding carboxylic acids is 2. The monoisotopic (exact) mass is 290 g/mol. The van der Waals surface area contributed by atoms with E-state index in [9.17, 15) is 18.0 Å². The summed E-state index contributed by atoms with van der Waals surface area (Å²) in [4.78, 5) is 25.1. The van der Waals surface area contributed by atoms with Gasteiger partial charge in [-0.05, 0) is 19.3 Å². The molecule has 1 rings (SSSR count). The maximum atomic E-state index is 12.0. The molecule has 2 N–H and O–H groups in total. The first-order valence-electron chi connectivity index (χ1n) is 6.45. The Kier molecular flexibility index (Phi) is 4.95. The number of hydrogen-bond donors (Lipinski definition) is 1. The second-order valence-electron chi connectivity index (χ2n) is 5.30. The first kappa shape index (κ1) is 15.9. The topological polar surface area (TPSA) is 97.5 Å². The summed E-state index contributed by atoms with van der Waals surface area (Å²) >= 11 is 0. The van der Waals surface area contributed by atoms with Crippen LogP contribution in [0.2, 0.25) is 0 Å². The van der Waals surface area contributed by atoms with E-state index >= 15 is 0 Å². The van der Waals surface area contributed by atoms with Crippen LogP contribution < -0.4 is 5.73 Å². The molecular formula is C12H22N2O4S. The van der Waals surface area contributed by atoms with E-state index in [1.807, 2.05) is 6.92 Å². The van der Waals surface area contributed by atoms with Crippen LogP contribution in [0.25, 0.3) is 0 Å². The number of rotatable bonds is 5. The minimum atomic E-state index is -3.15. The molecule has 1 aliphatic rings. The van der Waals surface area contributed by atoms with E-state index in [2.05, 4.69) is 0 Å². The van der Waals surface area contributed by atoms with Crippen molar-refractivity contribution in [2.24, 2.45) is 11.1 Å². The van der Waals surface area contributed by atoms with Gasteiger partial charge in [-0.25, -0.2) is 8.42 Å². The van der Waals surface area contributed by atoms with Crippen LogP contribution in [0.15, 0.2) is 0 Å². The van der Waals surface area contributed by atoms with Crippen LogP contribution in [-0.2, 0) is 19.4 Å². The third kappa shape index (κ3) is 4.19. The molecule has 0 saturated carbocycles. The highest BCUT2D eigenvalue weighted by Crippen LogP contribution is 2.33. The van der Waals surface area contributed by atoms with Gasteiger partial charge in [-0.15, -0.1) is 0 Å². The molecule has 1 heterocycles. The number of carbonyl (C=O) groups is 2. The normalized spacial score (nSPS) is 24.2. The molecule has 6 nitrogen and oxygen atoms in total. The lowest BCUT2D eigenvalue weighted by Crippen LogP contribution is -2.52. The Balaban J connectivity index is 2.69. The number of hydrogen-bond acceptors (Lipinski definition) is 4. The highest BCUT2D eigenvalue weighted by Gasteiger charge is 2.40. The first-order chi connectivity index (χ1) is 8.70. The maximum absolute atomic E-state index is 12.0. The van der Waals surface area contributed by atoms with Crippen molar-refractivity contribution in [3.63, 3.8) is 0 Å². The third-order valence-electron chi connectivity index (χ3n) is 3.82. The summed E-state index contributed by atoms with van der Waals surface area (Å²) in [5.74, 6) is -0.752. The van der Waals surface area contributed by atoms with Gasteiger partial charge in [0.05, 0.1) is 11.2 Å². The molecular weight excluding hydrogens is 268 g/mol. The first-order valence-corrected chi connectivity index (χ1v) is 8.52. The van der Waals surface area contributed by atoms with Crippen molar-refractivity contribution in [1.29, 1.82) is 0 Å². The van der Waals surface area contributed by atoms with Crippen LogP contribution in [0.1, 0.15) is 32.6 Å². The van der Waals surface area contributed by atoms with Gasteiger partial charge in [-0.2, -0.15) is 0 Å². The van der Waals surface area contributed by atoms with Crippen LogP contribution in [0, 0.1) is 5.41 Å². The molecule has 7 heteroatoms. The molecule has 1 aliphatic heterocycles. The zero-order valence-corrected chi connectivity index (χ0v) is 12.3. The zero-order chi connectivity index (χ0) is 14.7. The van der Waals surface area contributed by atoms with E-state index in [1.165, 1.54) is 0 Å². The average Bonchev–Trinajstić information content (AvgIpc) is 2.34. The molecule has 19 heavy (non-hydrogen) atoms. The zero-order valence-electron chi connectivity index (χ0n) is 11.5. The van der Waals surface area contributed by atoms with Gasteiger partial charge in [0.25, 0.3) is 0 Å². The summed E-state index contributed by atoms with van der Waals surface area (Å²) in [5, 5.41) is 0. The van der Waals surface area contributed by atoms with E-state index in [4.69, 9.17) is 5.73 Å². The predicted molar refractivity (Wildman–Crippen MR) is 72.1 cm³/mol. The molecule has 0 radical (unpaired) electrons. The Morgan fingerprint density at radius 1 is 1.37 bits per heavy atom. The molecule has 0 aromatic rings. The molecule has 1 unspecified atom stereocenters. The molecule has 1 saturated heterocycles. The van der Waals surface area contributed by atoms with Gasteiger partial charge in [0.1, 0.15) is 9.84 Å². The van der Waals surface area contributed by atoms with Crippen molar-refractivity contribution >= 4 is 21.7 Å². The molecule has 0 bridgehead atoms. The number of amides is 2. The fourth-order valence-electron chi connectivity index (χ4n) is 2.44. The molecule has 0 spiro atoms. The summed E-state index contributed by atoms with van der Waals surface area (Å²) in [7, 11) is -3.15. The van der Waals surface area contributed by atoms with E-state index < -0.39 is 15.3 Å². The summed E-state index contributed by atoms with van der Waals surface area (Å²) in [5.41, 5.74) is 4.79. The van der Waals surface area contributed by atoms with Gasteiger partial charge in [0.15, 0.2) is 0 Å². The molecule has 110 valence electrons. The molecule has 1 fully saturated rings. The minimum absolute atomic E-state index is 0.0304. The van der Waals surface area contributed by atoms with Gasteiger partial charge in [0.2, 0.25) is 11.8 Å². The molecule has 2 amide bonds. The Bertz CT molecular complexity index is 460. The second kappa shape index (κ2) is 5.90. The van der Waals surface area contributed by atoms with E-state index in [1.54, 1.807) is 4.90 Å². The van der Waals surface area contributed by atoms with Crippen LogP contribution in [0.3, 0.4) is 0 Å². The third-order valence-corrected chi connectivity index (χ3v) is 4.76. The quantitative estimate of drug-likeness (QED) is 0.766. The molecule has 0 aliphatic carbocycles. The lowest BCUT2D eigenvalue weighted by molar-refractivity contribution is -0.139. The van der Waals surface area contributed by atoms with Gasteiger partial charge < -0.3 is 10.6 Å². The second-order valence-corrected chi connectivity index (χ2v) is 7.56. The standard InChI is InChI=1S/C12H22N2O4S/c1-3-12(11(13)16)6-4-7-14(9-12)10(15)5-8-19(2,17)18/h3-9H2,1-2H3,(H2,13,16). The fourth-order valence-corrected chi connectivity index (χ4v) is 2.98. The van der Waals surface area contributed by atoms with Crippen LogP contribution >= 0.6 is 0 Å². The van der Waals surface area contributed by atoms with Crippen LogP contribution in [-0.4, -0.2) is 50.2 Å². The summed E-state index contributed by atoms with van der Waals surface area (Å²) in [6.07, 6.45) is 3.09. The number of nitrogens with zero attached hydrogens (tertiary/aromatic N) is 1. The largest absolute Gasteiger partial charge is 0.369 e. The minimum Gasteiger partial charge on any atom is -0.369 e. The number of piperidine rings is 1. The number of sulfone groups is 1. The van der Waals surface area contributed by atoms with Crippen LogP contribution in [0.5, 0.6) is 0 Å². The smallest absolute Gasteiger partial charge is 0.225 e. The van der Waals surface area contributed by atoms with E-state index in [-0.39, 0.29) is 24.0 Å².